The van der Waals surface area contributed by atoms with Crippen molar-refractivity contribution in [2.75, 3.05) is 31.2 Å². The summed E-state index contributed by atoms with van der Waals surface area (Å²) in [5.41, 5.74) is 5.19. The fourth-order valence-corrected chi connectivity index (χ4v) is 3.94. The first kappa shape index (κ1) is 12.9. The third-order valence-corrected chi connectivity index (χ3v) is 4.74. The van der Waals surface area contributed by atoms with Crippen molar-refractivity contribution in [2.24, 2.45) is 5.73 Å². The molecule has 0 aromatic carbocycles. The van der Waals surface area contributed by atoms with Crippen molar-refractivity contribution in [1.29, 1.82) is 0 Å². The van der Waals surface area contributed by atoms with E-state index in [0.717, 1.165) is 6.42 Å². The summed E-state index contributed by atoms with van der Waals surface area (Å²) < 4.78 is 23.0. The van der Waals surface area contributed by atoms with Crippen LogP contribution in [0.15, 0.2) is 0 Å². The Labute approximate surface area is 91.0 Å². The summed E-state index contributed by atoms with van der Waals surface area (Å²) in [6.45, 7) is 1.06. The fourth-order valence-electron chi connectivity index (χ4n) is 2.00. The maximum atomic E-state index is 11.5. The number of nitrogens with two attached hydrogens (primary N) is 1. The highest BCUT2D eigenvalue weighted by molar-refractivity contribution is 7.91. The zero-order valence-electron chi connectivity index (χ0n) is 8.91. The highest BCUT2D eigenvalue weighted by Gasteiger charge is 2.37. The second-order valence-electron chi connectivity index (χ2n) is 4.18. The quantitative estimate of drug-likeness (QED) is 0.525. The molecule has 0 bridgehead atoms. The van der Waals surface area contributed by atoms with E-state index in [1.807, 2.05) is 0 Å². The Morgan fingerprint density at radius 2 is 2.20 bits per heavy atom. The number of sulfone groups is 1. The molecule has 0 aliphatic carbocycles. The van der Waals surface area contributed by atoms with E-state index >= 15 is 0 Å². The Bertz CT molecular complexity index is 292. The van der Waals surface area contributed by atoms with E-state index in [2.05, 4.69) is 5.32 Å². The van der Waals surface area contributed by atoms with Gasteiger partial charge in [-0.25, -0.2) is 8.42 Å². The van der Waals surface area contributed by atoms with Crippen LogP contribution in [0.25, 0.3) is 0 Å². The molecule has 1 fully saturated rings. The van der Waals surface area contributed by atoms with Crippen LogP contribution in [0.2, 0.25) is 0 Å². The molecule has 0 aromatic heterocycles. The largest absolute Gasteiger partial charge is 0.396 e. The summed E-state index contributed by atoms with van der Waals surface area (Å²) in [6, 6.07) is 0. The predicted octanol–water partition coefficient (Wildman–Crippen LogP) is -1.14. The molecule has 0 aromatic rings. The van der Waals surface area contributed by atoms with Crippen LogP contribution < -0.4 is 11.1 Å². The first-order valence-corrected chi connectivity index (χ1v) is 7.12. The summed E-state index contributed by atoms with van der Waals surface area (Å²) in [7, 11) is -2.94. The number of rotatable bonds is 5. The lowest BCUT2D eigenvalue weighted by molar-refractivity contribution is 0.266. The van der Waals surface area contributed by atoms with Crippen molar-refractivity contribution < 1.29 is 13.5 Å². The third kappa shape index (κ3) is 3.71. The van der Waals surface area contributed by atoms with Gasteiger partial charge in [-0.3, -0.25) is 0 Å². The second kappa shape index (κ2) is 5.25. The number of hydrogen-bond acceptors (Lipinski definition) is 5. The van der Waals surface area contributed by atoms with Gasteiger partial charge in [0.25, 0.3) is 0 Å². The zero-order chi connectivity index (χ0) is 11.4. The number of nitrogens with one attached hydrogen (secondary N) is 1. The molecule has 15 heavy (non-hydrogen) atoms. The van der Waals surface area contributed by atoms with Crippen LogP contribution in [0.3, 0.4) is 0 Å². The van der Waals surface area contributed by atoms with Gasteiger partial charge < -0.3 is 16.2 Å². The normalized spacial score (nSPS) is 30.3. The van der Waals surface area contributed by atoms with Gasteiger partial charge in [-0.05, 0) is 25.8 Å². The van der Waals surface area contributed by atoms with Gasteiger partial charge in [0.05, 0.1) is 11.5 Å². The summed E-state index contributed by atoms with van der Waals surface area (Å²) in [6.07, 6.45) is 2.10. The molecular formula is C9H20N2O3S. The number of aliphatic hydroxyl groups is 1. The van der Waals surface area contributed by atoms with E-state index in [1.165, 1.54) is 0 Å². The van der Waals surface area contributed by atoms with Crippen LogP contribution in [0.4, 0.5) is 0 Å². The first-order chi connectivity index (χ1) is 7.04. The van der Waals surface area contributed by atoms with Crippen LogP contribution >= 0.6 is 0 Å². The summed E-state index contributed by atoms with van der Waals surface area (Å²) >= 11 is 0. The molecule has 1 unspecified atom stereocenters. The fraction of sp³-hybridized carbons (Fsp3) is 1.00. The van der Waals surface area contributed by atoms with Gasteiger partial charge in [-0.1, -0.05) is 0 Å². The molecule has 1 heterocycles. The maximum Gasteiger partial charge on any atom is 0.152 e. The lowest BCUT2D eigenvalue weighted by Crippen LogP contribution is -2.58. The van der Waals surface area contributed by atoms with Crippen molar-refractivity contribution in [3.63, 3.8) is 0 Å². The average Bonchev–Trinajstić information content (AvgIpc) is 2.17. The second-order valence-corrected chi connectivity index (χ2v) is 6.37. The van der Waals surface area contributed by atoms with Gasteiger partial charge in [-0.2, -0.15) is 0 Å². The van der Waals surface area contributed by atoms with E-state index in [-0.39, 0.29) is 18.1 Å². The van der Waals surface area contributed by atoms with Gasteiger partial charge in [0.2, 0.25) is 0 Å². The molecule has 1 aliphatic heterocycles. The summed E-state index contributed by atoms with van der Waals surface area (Å²) in [5.74, 6) is 0.401. The molecule has 5 nitrogen and oxygen atoms in total. The van der Waals surface area contributed by atoms with Gasteiger partial charge >= 0.3 is 0 Å². The van der Waals surface area contributed by atoms with E-state index in [1.54, 1.807) is 0 Å². The molecule has 0 radical (unpaired) electrons. The highest BCUT2D eigenvalue weighted by Crippen LogP contribution is 2.21. The molecule has 90 valence electrons. The van der Waals surface area contributed by atoms with Gasteiger partial charge in [0.15, 0.2) is 9.84 Å². The molecule has 1 saturated heterocycles. The van der Waals surface area contributed by atoms with Crippen molar-refractivity contribution in [2.45, 2.75) is 24.8 Å². The smallest absolute Gasteiger partial charge is 0.152 e. The molecule has 4 N–H and O–H groups in total. The summed E-state index contributed by atoms with van der Waals surface area (Å²) in [4.78, 5) is 0. The lowest BCUT2D eigenvalue weighted by atomic mass is 9.95. The monoisotopic (exact) mass is 236 g/mol. The topological polar surface area (TPSA) is 92.4 Å². The maximum absolute atomic E-state index is 11.5. The Morgan fingerprint density at radius 1 is 1.47 bits per heavy atom. The van der Waals surface area contributed by atoms with Crippen molar-refractivity contribution in [1.82, 2.24) is 5.32 Å². The molecule has 6 heteroatoms. The number of hydrogen-bond donors (Lipinski definition) is 3. The van der Waals surface area contributed by atoms with E-state index in [4.69, 9.17) is 10.8 Å². The predicted molar refractivity (Wildman–Crippen MR) is 59.4 cm³/mol. The Morgan fingerprint density at radius 3 is 2.73 bits per heavy atom. The van der Waals surface area contributed by atoms with Gasteiger partial charge in [0.1, 0.15) is 0 Å². The zero-order valence-corrected chi connectivity index (χ0v) is 9.72. The molecule has 0 spiro atoms. The molecule has 1 aliphatic rings. The Balaban J connectivity index is 2.59. The molecule has 1 atom stereocenters. The van der Waals surface area contributed by atoms with Crippen LogP contribution in [0.5, 0.6) is 0 Å². The van der Waals surface area contributed by atoms with Crippen LogP contribution in [0.1, 0.15) is 19.3 Å². The van der Waals surface area contributed by atoms with Crippen molar-refractivity contribution in [3.05, 3.63) is 0 Å². The minimum Gasteiger partial charge on any atom is -0.396 e. The number of aliphatic hydroxyl groups excluding tert-OH is 1. The van der Waals surface area contributed by atoms with Crippen molar-refractivity contribution in [3.8, 4) is 0 Å². The Hall–Kier alpha value is -0.170. The molecule has 1 rings (SSSR count). The third-order valence-electron chi connectivity index (χ3n) is 2.83. The van der Waals surface area contributed by atoms with Crippen LogP contribution in [-0.4, -0.2) is 50.3 Å². The van der Waals surface area contributed by atoms with Gasteiger partial charge in [-0.15, -0.1) is 0 Å². The lowest BCUT2D eigenvalue weighted by Gasteiger charge is -2.36. The van der Waals surface area contributed by atoms with Crippen LogP contribution in [0, 0.1) is 0 Å². The minimum absolute atomic E-state index is 0.112. The highest BCUT2D eigenvalue weighted by atomic mass is 32.2. The summed E-state index contributed by atoms with van der Waals surface area (Å²) in [5, 5.41) is 11.8. The van der Waals surface area contributed by atoms with Gasteiger partial charge in [0, 0.05) is 18.7 Å². The standard InChI is InChI=1S/C9H20N2O3S/c10-7-9(11-4-2-5-12)3-1-6-15(13,14)8-9/h11-12H,1-8,10H2. The molecule has 0 saturated carbocycles. The van der Waals surface area contributed by atoms with Crippen LogP contribution in [-0.2, 0) is 9.84 Å². The van der Waals surface area contributed by atoms with E-state index in [9.17, 15) is 8.42 Å². The van der Waals surface area contributed by atoms with E-state index in [0.29, 0.717) is 25.9 Å². The molecular weight excluding hydrogens is 216 g/mol. The molecule has 0 amide bonds. The SMILES string of the molecule is NCC1(NCCCO)CCCS(=O)(=O)C1. The van der Waals surface area contributed by atoms with E-state index < -0.39 is 15.4 Å². The van der Waals surface area contributed by atoms with Crippen molar-refractivity contribution >= 4 is 9.84 Å². The Kier molecular flexibility index (Phi) is 4.51. The minimum atomic E-state index is -2.94. The first-order valence-electron chi connectivity index (χ1n) is 5.30. The average molecular weight is 236 g/mol.